The highest BCUT2D eigenvalue weighted by Crippen LogP contribution is 2.25. The molecule has 1 atom stereocenters. The van der Waals surface area contributed by atoms with E-state index in [4.69, 9.17) is 4.74 Å². The highest BCUT2D eigenvalue weighted by Gasteiger charge is 2.37. The first-order valence-electron chi connectivity index (χ1n) is 12.3. The number of benzene rings is 1. The number of amides is 2. The molecule has 206 valence electrons. The van der Waals surface area contributed by atoms with Crippen molar-refractivity contribution in [3.63, 3.8) is 0 Å². The van der Waals surface area contributed by atoms with Gasteiger partial charge < -0.3 is 19.5 Å². The molecule has 0 saturated heterocycles. The molecule has 0 saturated carbocycles. The van der Waals surface area contributed by atoms with Crippen molar-refractivity contribution in [2.24, 2.45) is 0 Å². The van der Waals surface area contributed by atoms with Crippen LogP contribution >= 0.6 is 0 Å². The molecule has 0 aliphatic carbocycles. The number of carbonyl (C=O) groups excluding carboxylic acids is 3. The maximum atomic E-state index is 14.1. The van der Waals surface area contributed by atoms with E-state index in [0.717, 1.165) is 16.8 Å². The third-order valence-corrected chi connectivity index (χ3v) is 6.60. The number of nitrogens with one attached hydrogen (secondary N) is 1. The first-order chi connectivity index (χ1) is 19.2. The van der Waals surface area contributed by atoms with E-state index in [1.165, 1.54) is 46.9 Å². The molecule has 0 radical (unpaired) electrons. The molecule has 3 aromatic heterocycles. The Balaban J connectivity index is 1.57. The summed E-state index contributed by atoms with van der Waals surface area (Å²) < 4.78 is 34.8. The number of ketones is 1. The fourth-order valence-electron chi connectivity index (χ4n) is 4.65. The Morgan fingerprint density at radius 1 is 1.15 bits per heavy atom. The molecule has 1 aliphatic rings. The number of nitrogens with zero attached hydrogens (tertiary/aromatic N) is 5. The summed E-state index contributed by atoms with van der Waals surface area (Å²) in [5, 5.41) is 6.71. The van der Waals surface area contributed by atoms with Gasteiger partial charge in [0.2, 0.25) is 5.91 Å². The monoisotopic (exact) mass is 550 g/mol. The smallest absolute Gasteiger partial charge is 0.280 e. The van der Waals surface area contributed by atoms with Gasteiger partial charge in [-0.05, 0) is 30.7 Å². The quantitative estimate of drug-likeness (QED) is 0.317. The van der Waals surface area contributed by atoms with Crippen LogP contribution < -0.4 is 10.9 Å². The van der Waals surface area contributed by atoms with Crippen LogP contribution in [0.5, 0.6) is 0 Å². The maximum absolute atomic E-state index is 14.1. The summed E-state index contributed by atoms with van der Waals surface area (Å²) in [6.07, 6.45) is 0.635. The van der Waals surface area contributed by atoms with Crippen molar-refractivity contribution in [1.29, 1.82) is 0 Å². The molecular formula is C27H24F2N6O5. The van der Waals surface area contributed by atoms with Crippen LogP contribution in [0.25, 0.3) is 5.65 Å². The first kappa shape index (κ1) is 26.8. The van der Waals surface area contributed by atoms with Gasteiger partial charge in [0.05, 0.1) is 31.0 Å². The van der Waals surface area contributed by atoms with E-state index < -0.39 is 41.3 Å². The minimum Gasteiger partial charge on any atom is -0.383 e. The minimum atomic E-state index is -0.622. The van der Waals surface area contributed by atoms with Crippen molar-refractivity contribution in [2.45, 2.75) is 32.5 Å². The molecule has 4 heterocycles. The van der Waals surface area contributed by atoms with E-state index in [-0.39, 0.29) is 59.6 Å². The number of aromatic nitrogens is 4. The molecule has 5 rings (SSSR count). The predicted octanol–water partition coefficient (Wildman–Crippen LogP) is 2.22. The van der Waals surface area contributed by atoms with Gasteiger partial charge >= 0.3 is 0 Å². The average molecular weight is 551 g/mol. The number of hydrogen-bond donors (Lipinski definition) is 1. The van der Waals surface area contributed by atoms with Crippen molar-refractivity contribution in [3.8, 4) is 0 Å². The molecule has 2 amide bonds. The van der Waals surface area contributed by atoms with E-state index in [9.17, 15) is 28.0 Å². The Hall–Kier alpha value is -4.78. The van der Waals surface area contributed by atoms with Gasteiger partial charge in [0.25, 0.3) is 11.5 Å². The van der Waals surface area contributed by atoms with E-state index >= 15 is 0 Å². The van der Waals surface area contributed by atoms with Crippen LogP contribution in [0.15, 0.2) is 53.5 Å². The normalized spacial score (nSPS) is 13.5. The van der Waals surface area contributed by atoms with Gasteiger partial charge in [0.15, 0.2) is 5.78 Å². The lowest BCUT2D eigenvalue weighted by Crippen LogP contribution is -2.37. The summed E-state index contributed by atoms with van der Waals surface area (Å²) in [7, 11) is 1.49. The Bertz CT molecular complexity index is 1700. The summed E-state index contributed by atoms with van der Waals surface area (Å²) in [5.74, 6) is -2.73. The molecule has 1 N–H and O–H groups in total. The molecule has 1 aliphatic heterocycles. The van der Waals surface area contributed by atoms with Gasteiger partial charge in [0, 0.05) is 19.6 Å². The summed E-state index contributed by atoms with van der Waals surface area (Å²) >= 11 is 0. The van der Waals surface area contributed by atoms with Crippen LogP contribution in [0.1, 0.15) is 39.0 Å². The largest absolute Gasteiger partial charge is 0.383 e. The highest BCUT2D eigenvalue weighted by molar-refractivity contribution is 6.00. The lowest BCUT2D eigenvalue weighted by molar-refractivity contribution is -0.116. The highest BCUT2D eigenvalue weighted by atomic mass is 19.1. The summed E-state index contributed by atoms with van der Waals surface area (Å²) in [6, 6.07) is 9.12. The van der Waals surface area contributed by atoms with E-state index in [0.29, 0.717) is 0 Å². The topological polar surface area (TPSA) is 128 Å². The zero-order valence-corrected chi connectivity index (χ0v) is 21.6. The molecule has 0 spiro atoms. The van der Waals surface area contributed by atoms with Gasteiger partial charge in [-0.25, -0.2) is 13.8 Å². The van der Waals surface area contributed by atoms with Crippen LogP contribution in [0.3, 0.4) is 0 Å². The Labute approximate surface area is 226 Å². The number of methoxy groups -OCH3 is 1. The van der Waals surface area contributed by atoms with Gasteiger partial charge in [-0.2, -0.15) is 9.61 Å². The lowest BCUT2D eigenvalue weighted by atomic mass is 10.1. The molecule has 11 nitrogen and oxygen atoms in total. The SMILES string of the molecule is COC[C@H](C)N1Cc2c(n(CC(=O)Nc3ccc(F)cn3)c3cc(C(=O)Cc4ccccc4F)nn3c2=O)C1=O. The van der Waals surface area contributed by atoms with Gasteiger partial charge in [-0.1, -0.05) is 18.2 Å². The first-order valence-corrected chi connectivity index (χ1v) is 12.3. The standard InChI is InChI=1S/C27H24F2N6O5/c1-15(14-40-2)33-12-18-25(27(33)39)34(13-23(37)31-22-8-7-17(28)11-30-22)24-10-20(32-35(24)26(18)38)21(36)9-16-5-3-4-6-19(16)29/h3-8,10-11,15H,9,12-14H2,1-2H3,(H,30,31,37)/t15-/m0/s1. The number of halogens is 2. The third kappa shape index (κ3) is 4.98. The van der Waals surface area contributed by atoms with Crippen molar-refractivity contribution < 1.29 is 27.9 Å². The van der Waals surface area contributed by atoms with Crippen LogP contribution in [0, 0.1) is 11.6 Å². The number of Topliss-reactive ketones (excluding diaryl/α,β-unsaturated/α-hetero) is 1. The number of fused-ring (bicyclic) bond motifs is 2. The second-order valence-corrected chi connectivity index (χ2v) is 9.36. The van der Waals surface area contributed by atoms with Gasteiger partial charge in [-0.15, -0.1) is 0 Å². The van der Waals surface area contributed by atoms with Crippen molar-refractivity contribution in [1.82, 2.24) is 24.1 Å². The fraction of sp³-hybridized carbons (Fsp3) is 0.259. The van der Waals surface area contributed by atoms with Crippen molar-refractivity contribution in [2.75, 3.05) is 19.0 Å². The number of hydrogen-bond acceptors (Lipinski definition) is 7. The van der Waals surface area contributed by atoms with E-state index in [2.05, 4.69) is 15.4 Å². The third-order valence-electron chi connectivity index (χ3n) is 6.60. The number of anilines is 1. The van der Waals surface area contributed by atoms with Gasteiger partial charge in [-0.3, -0.25) is 19.2 Å². The summed E-state index contributed by atoms with van der Waals surface area (Å²) in [5.41, 5.74) is -0.480. The summed E-state index contributed by atoms with van der Waals surface area (Å²) in [6.45, 7) is 1.49. The van der Waals surface area contributed by atoms with Crippen LogP contribution in [-0.2, 0) is 29.0 Å². The number of ether oxygens (including phenoxy) is 1. The van der Waals surface area contributed by atoms with Crippen LogP contribution in [-0.4, -0.2) is 61.4 Å². The predicted molar refractivity (Wildman–Crippen MR) is 138 cm³/mol. The average Bonchev–Trinajstić information content (AvgIpc) is 3.52. The molecule has 0 fully saturated rings. The zero-order valence-electron chi connectivity index (χ0n) is 21.6. The lowest BCUT2D eigenvalue weighted by Gasteiger charge is -2.23. The molecule has 4 aromatic rings. The van der Waals surface area contributed by atoms with Crippen LogP contribution in [0.2, 0.25) is 0 Å². The molecule has 0 unspecified atom stereocenters. The number of rotatable bonds is 9. The van der Waals surface area contributed by atoms with Crippen LogP contribution in [0.4, 0.5) is 14.6 Å². The number of carbonyl (C=O) groups is 3. The van der Waals surface area contributed by atoms with E-state index in [1.807, 2.05) is 0 Å². The minimum absolute atomic E-state index is 0.0179. The Morgan fingerprint density at radius 2 is 1.93 bits per heavy atom. The second-order valence-electron chi connectivity index (χ2n) is 9.36. The molecular weight excluding hydrogens is 526 g/mol. The molecule has 0 bridgehead atoms. The zero-order chi connectivity index (χ0) is 28.6. The fourth-order valence-corrected chi connectivity index (χ4v) is 4.65. The Morgan fingerprint density at radius 3 is 2.62 bits per heavy atom. The summed E-state index contributed by atoms with van der Waals surface area (Å²) in [4.78, 5) is 58.3. The van der Waals surface area contributed by atoms with Crippen molar-refractivity contribution >= 4 is 29.1 Å². The Kier molecular flexibility index (Phi) is 7.22. The molecule has 13 heteroatoms. The second kappa shape index (κ2) is 10.8. The molecule has 40 heavy (non-hydrogen) atoms. The molecule has 1 aromatic carbocycles. The number of pyridine rings is 1. The van der Waals surface area contributed by atoms with Gasteiger partial charge in [0.1, 0.15) is 41.0 Å². The van der Waals surface area contributed by atoms with Crippen molar-refractivity contribution in [3.05, 3.63) is 93.2 Å². The van der Waals surface area contributed by atoms with E-state index in [1.54, 1.807) is 13.0 Å². The maximum Gasteiger partial charge on any atom is 0.280 e.